The molecule has 3 rings (SSSR count). The topological polar surface area (TPSA) is 79.5 Å². The summed E-state index contributed by atoms with van der Waals surface area (Å²) in [6, 6.07) is 13.9. The lowest BCUT2D eigenvalue weighted by Crippen LogP contribution is -2.46. The Morgan fingerprint density at radius 2 is 1.77 bits per heavy atom. The largest absolute Gasteiger partial charge is 0.496 e. The molecular formula is C20H21N3O3. The van der Waals surface area contributed by atoms with Crippen molar-refractivity contribution in [1.29, 1.82) is 0 Å². The van der Waals surface area contributed by atoms with Crippen LogP contribution in [-0.2, 0) is 4.79 Å². The quantitative estimate of drug-likeness (QED) is 0.791. The van der Waals surface area contributed by atoms with Gasteiger partial charge in [-0.3, -0.25) is 4.79 Å². The van der Waals surface area contributed by atoms with Crippen molar-refractivity contribution >= 4 is 17.6 Å². The first kappa shape index (κ1) is 17.5. The average Bonchev–Trinajstić information content (AvgIpc) is 2.62. The lowest BCUT2D eigenvalue weighted by Gasteiger charge is -2.29. The zero-order valence-electron chi connectivity index (χ0n) is 14.9. The first-order valence-corrected chi connectivity index (χ1v) is 8.29. The van der Waals surface area contributed by atoms with Crippen molar-refractivity contribution in [3.63, 3.8) is 0 Å². The fourth-order valence-electron chi connectivity index (χ4n) is 3.04. The third kappa shape index (κ3) is 3.39. The van der Waals surface area contributed by atoms with Gasteiger partial charge in [0, 0.05) is 16.9 Å². The highest BCUT2D eigenvalue weighted by Crippen LogP contribution is 2.33. The van der Waals surface area contributed by atoms with Crippen molar-refractivity contribution in [3.05, 3.63) is 70.9 Å². The smallest absolute Gasteiger partial charge is 0.319 e. The molecule has 2 aromatic carbocycles. The Kier molecular flexibility index (Phi) is 4.93. The molecule has 1 aliphatic rings. The van der Waals surface area contributed by atoms with Crippen LogP contribution >= 0.6 is 0 Å². The normalized spacial score (nSPS) is 16.6. The van der Waals surface area contributed by atoms with Crippen LogP contribution in [0.25, 0.3) is 0 Å². The molecule has 3 amide bonds. The molecule has 26 heavy (non-hydrogen) atoms. The van der Waals surface area contributed by atoms with Crippen molar-refractivity contribution < 1.29 is 14.3 Å². The van der Waals surface area contributed by atoms with Gasteiger partial charge < -0.3 is 20.7 Å². The average molecular weight is 351 g/mol. The molecule has 0 saturated heterocycles. The van der Waals surface area contributed by atoms with E-state index in [2.05, 4.69) is 16.0 Å². The highest BCUT2D eigenvalue weighted by Gasteiger charge is 2.32. The summed E-state index contributed by atoms with van der Waals surface area (Å²) in [4.78, 5) is 25.0. The van der Waals surface area contributed by atoms with Gasteiger partial charge in [-0.05, 0) is 31.5 Å². The van der Waals surface area contributed by atoms with Crippen molar-refractivity contribution in [2.75, 3.05) is 12.4 Å². The zero-order chi connectivity index (χ0) is 18.7. The number of carbonyl (C=O) groups excluding carboxylic acids is 2. The molecule has 134 valence electrons. The van der Waals surface area contributed by atoms with Crippen LogP contribution in [0.4, 0.5) is 10.5 Å². The summed E-state index contributed by atoms with van der Waals surface area (Å²) in [6.45, 7) is 3.64. The number of carbonyl (C=O) groups is 2. The van der Waals surface area contributed by atoms with E-state index in [0.717, 1.165) is 16.8 Å². The van der Waals surface area contributed by atoms with Crippen molar-refractivity contribution in [1.82, 2.24) is 10.6 Å². The van der Waals surface area contributed by atoms with Crippen LogP contribution in [0.15, 0.2) is 59.8 Å². The number of aryl methyl sites for hydroxylation is 1. The zero-order valence-corrected chi connectivity index (χ0v) is 14.9. The number of ether oxygens (including phenoxy) is 1. The van der Waals surface area contributed by atoms with E-state index in [1.807, 2.05) is 49.4 Å². The molecule has 0 aliphatic carbocycles. The SMILES string of the molecule is COc1ccccc1[C@@H]1NC(=O)NC(C)=C1C(=O)Nc1ccccc1C. The number of para-hydroxylation sites is 2. The van der Waals surface area contributed by atoms with E-state index in [1.165, 1.54) is 0 Å². The molecule has 0 unspecified atom stereocenters. The second kappa shape index (κ2) is 7.31. The predicted molar refractivity (Wildman–Crippen MR) is 99.9 cm³/mol. The molecule has 0 saturated carbocycles. The van der Waals surface area contributed by atoms with E-state index in [9.17, 15) is 9.59 Å². The summed E-state index contributed by atoms with van der Waals surface area (Å²) in [5.74, 6) is 0.328. The number of methoxy groups -OCH3 is 1. The summed E-state index contributed by atoms with van der Waals surface area (Å²) in [5.41, 5.74) is 3.36. The molecule has 0 fully saturated rings. The van der Waals surface area contributed by atoms with Crippen molar-refractivity contribution in [2.24, 2.45) is 0 Å². The summed E-state index contributed by atoms with van der Waals surface area (Å²) in [5, 5.41) is 8.43. The van der Waals surface area contributed by atoms with E-state index in [1.54, 1.807) is 20.1 Å². The molecule has 0 aromatic heterocycles. The van der Waals surface area contributed by atoms with Crippen molar-refractivity contribution in [2.45, 2.75) is 19.9 Å². The number of amides is 3. The van der Waals surface area contributed by atoms with Gasteiger partial charge in [0.2, 0.25) is 0 Å². The van der Waals surface area contributed by atoms with Gasteiger partial charge in [-0.2, -0.15) is 0 Å². The Labute approximate surface area is 152 Å². The summed E-state index contributed by atoms with van der Waals surface area (Å²) >= 11 is 0. The van der Waals surface area contributed by atoms with Crippen molar-refractivity contribution in [3.8, 4) is 5.75 Å². The number of anilines is 1. The van der Waals surface area contributed by atoms with Gasteiger partial charge in [-0.25, -0.2) is 4.79 Å². The van der Waals surface area contributed by atoms with Gasteiger partial charge in [-0.15, -0.1) is 0 Å². The van der Waals surface area contributed by atoms with Crippen LogP contribution in [-0.4, -0.2) is 19.0 Å². The van der Waals surface area contributed by atoms with E-state index in [4.69, 9.17) is 4.74 Å². The van der Waals surface area contributed by atoms with E-state index in [-0.39, 0.29) is 11.9 Å². The number of rotatable bonds is 4. The maximum Gasteiger partial charge on any atom is 0.319 e. The molecule has 1 heterocycles. The van der Waals surface area contributed by atoms with Crippen LogP contribution in [0.5, 0.6) is 5.75 Å². The lowest BCUT2D eigenvalue weighted by atomic mass is 9.94. The highest BCUT2D eigenvalue weighted by molar-refractivity contribution is 6.07. The van der Waals surface area contributed by atoms with Gasteiger partial charge in [0.15, 0.2) is 0 Å². The summed E-state index contributed by atoms with van der Waals surface area (Å²) in [7, 11) is 1.56. The van der Waals surface area contributed by atoms with Gasteiger partial charge in [-0.1, -0.05) is 36.4 Å². The van der Waals surface area contributed by atoms with Gasteiger partial charge in [0.1, 0.15) is 5.75 Å². The van der Waals surface area contributed by atoms with Crippen LogP contribution in [0.3, 0.4) is 0 Å². The number of allylic oxidation sites excluding steroid dienone is 1. The van der Waals surface area contributed by atoms with Gasteiger partial charge in [0.05, 0.1) is 18.7 Å². The third-order valence-electron chi connectivity index (χ3n) is 4.36. The Morgan fingerprint density at radius 3 is 2.50 bits per heavy atom. The number of nitrogens with one attached hydrogen (secondary N) is 3. The number of urea groups is 1. The molecule has 0 radical (unpaired) electrons. The van der Waals surface area contributed by atoms with E-state index < -0.39 is 6.04 Å². The first-order chi connectivity index (χ1) is 12.5. The number of benzene rings is 2. The summed E-state index contributed by atoms with van der Waals surface area (Å²) < 4.78 is 5.41. The molecule has 6 nitrogen and oxygen atoms in total. The van der Waals surface area contributed by atoms with Crippen LogP contribution in [0.1, 0.15) is 24.1 Å². The minimum atomic E-state index is -0.607. The lowest BCUT2D eigenvalue weighted by molar-refractivity contribution is -0.113. The standard InChI is InChI=1S/C20H21N3O3/c1-12-8-4-6-10-15(12)22-19(24)17-13(2)21-20(25)23-18(17)14-9-5-7-11-16(14)26-3/h4-11,18H,1-3H3,(H,22,24)(H2,21,23,25)/t18-/m0/s1. The Morgan fingerprint density at radius 1 is 1.08 bits per heavy atom. The minimum Gasteiger partial charge on any atom is -0.496 e. The number of hydrogen-bond donors (Lipinski definition) is 3. The molecule has 0 spiro atoms. The molecule has 6 heteroatoms. The van der Waals surface area contributed by atoms with E-state index >= 15 is 0 Å². The second-order valence-corrected chi connectivity index (χ2v) is 6.08. The van der Waals surface area contributed by atoms with E-state index in [0.29, 0.717) is 17.0 Å². The fourth-order valence-corrected chi connectivity index (χ4v) is 3.04. The fraction of sp³-hybridized carbons (Fsp3) is 0.200. The molecule has 0 bridgehead atoms. The van der Waals surface area contributed by atoms with Crippen LogP contribution in [0.2, 0.25) is 0 Å². The molecular weight excluding hydrogens is 330 g/mol. The predicted octanol–water partition coefficient (Wildman–Crippen LogP) is 3.27. The van der Waals surface area contributed by atoms with Gasteiger partial charge >= 0.3 is 6.03 Å². The van der Waals surface area contributed by atoms with Gasteiger partial charge in [0.25, 0.3) is 5.91 Å². The molecule has 3 N–H and O–H groups in total. The second-order valence-electron chi connectivity index (χ2n) is 6.08. The Hall–Kier alpha value is -3.28. The molecule has 1 atom stereocenters. The number of hydrogen-bond acceptors (Lipinski definition) is 3. The maximum absolute atomic E-state index is 13.0. The van der Waals surface area contributed by atoms with Crippen LogP contribution in [0, 0.1) is 6.92 Å². The third-order valence-corrected chi connectivity index (χ3v) is 4.36. The molecule has 2 aromatic rings. The molecule has 1 aliphatic heterocycles. The van der Waals surface area contributed by atoms with Crippen LogP contribution < -0.4 is 20.7 Å². The Bertz CT molecular complexity index is 889. The monoisotopic (exact) mass is 351 g/mol. The minimum absolute atomic E-state index is 0.278. The Balaban J connectivity index is 2.01. The summed E-state index contributed by atoms with van der Waals surface area (Å²) in [6.07, 6.45) is 0. The first-order valence-electron chi connectivity index (χ1n) is 8.29. The highest BCUT2D eigenvalue weighted by atomic mass is 16.5. The maximum atomic E-state index is 13.0.